The number of carbonyl (C=O) groups excluding carboxylic acids is 1. The Morgan fingerprint density at radius 2 is 2.24 bits per heavy atom. The molecule has 1 aliphatic rings. The van der Waals surface area contributed by atoms with Crippen LogP contribution >= 0.6 is 38.5 Å². The van der Waals surface area contributed by atoms with Gasteiger partial charge in [-0.15, -0.1) is 0 Å². The fourth-order valence-corrected chi connectivity index (χ4v) is 3.37. The maximum absolute atomic E-state index is 12.2. The van der Waals surface area contributed by atoms with Gasteiger partial charge in [0, 0.05) is 14.6 Å². The van der Waals surface area contributed by atoms with E-state index < -0.39 is 0 Å². The van der Waals surface area contributed by atoms with Gasteiger partial charge >= 0.3 is 0 Å². The molecule has 3 nitrogen and oxygen atoms in total. The Bertz CT molecular complexity index is 441. The van der Waals surface area contributed by atoms with Crippen LogP contribution in [0.3, 0.4) is 0 Å². The molecule has 2 rings (SSSR count). The average Bonchev–Trinajstić information content (AvgIpc) is 2.21. The summed E-state index contributed by atoms with van der Waals surface area (Å²) < 4.78 is 2.04. The summed E-state index contributed by atoms with van der Waals surface area (Å²) in [4.78, 5) is 12.2. The Balaban J connectivity index is 2.13. The first-order chi connectivity index (χ1) is 8.07. The monoisotopic (exact) mass is 408 g/mol. The lowest BCUT2D eigenvalue weighted by Gasteiger charge is -2.39. The van der Waals surface area contributed by atoms with Gasteiger partial charge in [0.15, 0.2) is 0 Å². The molecule has 1 saturated carbocycles. The summed E-state index contributed by atoms with van der Waals surface area (Å²) >= 11 is 5.69. The molecule has 5 heteroatoms. The molecule has 0 heterocycles. The zero-order valence-corrected chi connectivity index (χ0v) is 13.0. The third-order valence-corrected chi connectivity index (χ3v) is 4.69. The van der Waals surface area contributed by atoms with Gasteiger partial charge in [0.05, 0.1) is 11.1 Å². The molecule has 1 aliphatic carbocycles. The number of hydrogen-bond acceptors (Lipinski definition) is 2. The third-order valence-electron chi connectivity index (χ3n) is 3.36. The lowest BCUT2D eigenvalue weighted by Crippen LogP contribution is -2.47. The van der Waals surface area contributed by atoms with Crippen molar-refractivity contribution in [2.24, 2.45) is 11.1 Å². The van der Waals surface area contributed by atoms with Crippen molar-refractivity contribution in [2.45, 2.75) is 19.3 Å². The first-order valence-corrected chi connectivity index (χ1v) is 7.41. The summed E-state index contributed by atoms with van der Waals surface area (Å²) in [5.74, 6) is 0.0492. The van der Waals surface area contributed by atoms with Gasteiger partial charge in [0.25, 0.3) is 0 Å². The smallest absolute Gasteiger partial charge is 0.231 e. The zero-order valence-electron chi connectivity index (χ0n) is 9.30. The summed E-state index contributed by atoms with van der Waals surface area (Å²) in [5.41, 5.74) is 6.20. The van der Waals surface area contributed by atoms with Crippen molar-refractivity contribution >= 4 is 50.1 Å². The molecule has 0 bridgehead atoms. The molecule has 1 aromatic rings. The van der Waals surface area contributed by atoms with Crippen LogP contribution in [-0.4, -0.2) is 12.5 Å². The summed E-state index contributed by atoms with van der Waals surface area (Å²) in [7, 11) is 0. The fourth-order valence-electron chi connectivity index (χ4n) is 1.97. The predicted octanol–water partition coefficient (Wildman–Crippen LogP) is 3.12. The number of nitrogens with one attached hydrogen (secondary N) is 1. The van der Waals surface area contributed by atoms with Crippen LogP contribution in [0.1, 0.15) is 19.3 Å². The molecule has 1 fully saturated rings. The van der Waals surface area contributed by atoms with Crippen molar-refractivity contribution in [3.8, 4) is 0 Å². The van der Waals surface area contributed by atoms with Gasteiger partial charge in [0.1, 0.15) is 0 Å². The van der Waals surface area contributed by atoms with Gasteiger partial charge in [-0.25, -0.2) is 0 Å². The number of anilines is 1. The van der Waals surface area contributed by atoms with E-state index in [-0.39, 0.29) is 11.3 Å². The Labute approximate surface area is 123 Å². The molecule has 92 valence electrons. The van der Waals surface area contributed by atoms with E-state index in [1.54, 1.807) is 0 Å². The minimum atomic E-state index is -0.331. The van der Waals surface area contributed by atoms with Gasteiger partial charge in [0.2, 0.25) is 5.91 Å². The van der Waals surface area contributed by atoms with E-state index >= 15 is 0 Å². The highest BCUT2D eigenvalue weighted by Crippen LogP contribution is 2.41. The second-order valence-corrected chi connectivity index (χ2v) is 6.52. The molecule has 0 spiro atoms. The van der Waals surface area contributed by atoms with Gasteiger partial charge < -0.3 is 11.1 Å². The minimum absolute atomic E-state index is 0.0492. The van der Waals surface area contributed by atoms with E-state index in [1.165, 1.54) is 0 Å². The first-order valence-electron chi connectivity index (χ1n) is 5.54. The van der Waals surface area contributed by atoms with Gasteiger partial charge in [-0.05, 0) is 69.6 Å². The van der Waals surface area contributed by atoms with Gasteiger partial charge in [-0.3, -0.25) is 4.79 Å². The average molecular weight is 409 g/mol. The van der Waals surface area contributed by atoms with Crippen LogP contribution in [0.25, 0.3) is 0 Å². The molecule has 0 aliphatic heterocycles. The Morgan fingerprint density at radius 3 is 2.71 bits per heavy atom. The van der Waals surface area contributed by atoms with Crippen molar-refractivity contribution in [3.05, 3.63) is 26.2 Å². The van der Waals surface area contributed by atoms with Gasteiger partial charge in [-0.2, -0.15) is 0 Å². The molecule has 0 aromatic heterocycles. The number of carbonyl (C=O) groups is 1. The Morgan fingerprint density at radius 1 is 1.53 bits per heavy atom. The number of hydrogen-bond donors (Lipinski definition) is 2. The number of rotatable bonds is 3. The lowest BCUT2D eigenvalue weighted by atomic mass is 9.68. The normalized spacial score (nSPS) is 17.4. The molecule has 0 saturated heterocycles. The standard InChI is InChI=1S/C12H14BrIN2O/c13-9-6-8(14)2-3-10(9)16-11(17)12(7-15)4-1-5-12/h2-3,6H,1,4-5,7,15H2,(H,16,17). The second kappa shape index (κ2) is 5.24. The fraction of sp³-hybridized carbons (Fsp3) is 0.417. The van der Waals surface area contributed by atoms with E-state index in [0.29, 0.717) is 6.54 Å². The van der Waals surface area contributed by atoms with Crippen molar-refractivity contribution in [2.75, 3.05) is 11.9 Å². The molecular formula is C12H14BrIN2O. The number of benzene rings is 1. The van der Waals surface area contributed by atoms with Crippen LogP contribution in [-0.2, 0) is 4.79 Å². The van der Waals surface area contributed by atoms with Crippen molar-refractivity contribution in [3.63, 3.8) is 0 Å². The zero-order chi connectivity index (χ0) is 12.5. The number of amides is 1. The molecule has 1 aromatic carbocycles. The van der Waals surface area contributed by atoms with Gasteiger partial charge in [-0.1, -0.05) is 6.42 Å². The SMILES string of the molecule is NCC1(C(=O)Nc2ccc(I)cc2Br)CCC1. The molecule has 0 radical (unpaired) electrons. The Kier molecular flexibility index (Phi) is 4.10. The molecule has 3 N–H and O–H groups in total. The van der Waals surface area contributed by atoms with Crippen LogP contribution in [0, 0.1) is 8.99 Å². The highest BCUT2D eigenvalue weighted by molar-refractivity contribution is 14.1. The topological polar surface area (TPSA) is 55.1 Å². The summed E-state index contributed by atoms with van der Waals surface area (Å²) in [5, 5.41) is 2.96. The van der Waals surface area contributed by atoms with E-state index in [9.17, 15) is 4.79 Å². The molecule has 0 atom stereocenters. The van der Waals surface area contributed by atoms with Crippen LogP contribution in [0.4, 0.5) is 5.69 Å². The van der Waals surface area contributed by atoms with Crippen molar-refractivity contribution in [1.82, 2.24) is 0 Å². The van der Waals surface area contributed by atoms with E-state index in [0.717, 1.165) is 33.0 Å². The quantitative estimate of drug-likeness (QED) is 0.755. The Hall–Kier alpha value is -0.140. The van der Waals surface area contributed by atoms with Crippen molar-refractivity contribution < 1.29 is 4.79 Å². The van der Waals surface area contributed by atoms with E-state index in [2.05, 4.69) is 43.8 Å². The molecular weight excluding hydrogens is 395 g/mol. The van der Waals surface area contributed by atoms with Crippen LogP contribution in [0.2, 0.25) is 0 Å². The predicted molar refractivity (Wildman–Crippen MR) is 80.8 cm³/mol. The largest absolute Gasteiger partial charge is 0.329 e. The van der Waals surface area contributed by atoms with Crippen LogP contribution in [0.5, 0.6) is 0 Å². The highest BCUT2D eigenvalue weighted by Gasteiger charge is 2.42. The first kappa shape index (κ1) is 13.3. The minimum Gasteiger partial charge on any atom is -0.329 e. The lowest BCUT2D eigenvalue weighted by molar-refractivity contribution is -0.129. The number of nitrogens with two attached hydrogens (primary N) is 1. The molecule has 17 heavy (non-hydrogen) atoms. The summed E-state index contributed by atoms with van der Waals surface area (Å²) in [6.07, 6.45) is 2.90. The van der Waals surface area contributed by atoms with Crippen LogP contribution in [0.15, 0.2) is 22.7 Å². The van der Waals surface area contributed by atoms with Crippen LogP contribution < -0.4 is 11.1 Å². The van der Waals surface area contributed by atoms with Crippen molar-refractivity contribution in [1.29, 1.82) is 0 Å². The maximum Gasteiger partial charge on any atom is 0.231 e. The third kappa shape index (κ3) is 2.66. The summed E-state index contributed by atoms with van der Waals surface area (Å²) in [6.45, 7) is 0.431. The maximum atomic E-state index is 12.2. The summed E-state index contributed by atoms with van der Waals surface area (Å²) in [6, 6.07) is 5.86. The molecule has 1 amide bonds. The number of halogens is 2. The second-order valence-electron chi connectivity index (χ2n) is 4.42. The highest BCUT2D eigenvalue weighted by atomic mass is 127. The van der Waals surface area contributed by atoms with E-state index in [1.807, 2.05) is 18.2 Å². The van der Waals surface area contributed by atoms with E-state index in [4.69, 9.17) is 5.73 Å². The molecule has 0 unspecified atom stereocenters.